The van der Waals surface area contributed by atoms with Gasteiger partial charge in [0.25, 0.3) is 5.69 Å². The number of aliphatic imine (C=N–C) groups is 1. The zero-order chi connectivity index (χ0) is 12.9. The van der Waals surface area contributed by atoms with Gasteiger partial charge in [0.15, 0.2) is 0 Å². The van der Waals surface area contributed by atoms with Gasteiger partial charge in [-0.15, -0.1) is 0 Å². The van der Waals surface area contributed by atoms with Gasteiger partial charge in [0, 0.05) is 14.2 Å². The first-order chi connectivity index (χ1) is 8.00. The smallest absolute Gasteiger partial charge is 0.252 e. The first-order valence-electron chi connectivity index (χ1n) is 5.00. The molecule has 0 atom stereocenters. The highest BCUT2D eigenvalue weighted by Gasteiger charge is 2.14. The SMILES string of the molecule is COP(=S)(OC)SC=Nc1cc(C)ccc1C. The molecule has 0 fully saturated rings. The van der Waals surface area contributed by atoms with Crippen LogP contribution in [0.1, 0.15) is 11.1 Å². The maximum absolute atomic E-state index is 5.22. The van der Waals surface area contributed by atoms with Crippen LogP contribution in [-0.2, 0) is 20.9 Å². The molecule has 0 bridgehead atoms. The lowest BCUT2D eigenvalue weighted by atomic mass is 10.1. The average molecular weight is 289 g/mol. The van der Waals surface area contributed by atoms with Crippen LogP contribution in [0.2, 0.25) is 0 Å². The molecule has 0 aliphatic rings. The molecule has 0 aromatic heterocycles. The van der Waals surface area contributed by atoms with Crippen LogP contribution in [0.3, 0.4) is 0 Å². The Morgan fingerprint density at radius 1 is 1.29 bits per heavy atom. The Kier molecular flexibility index (Phi) is 5.83. The predicted octanol–water partition coefficient (Wildman–Crippen LogP) is 4.21. The molecule has 0 unspecified atom stereocenters. The molecule has 0 radical (unpaired) electrons. The first-order valence-corrected chi connectivity index (χ1v) is 9.13. The molecule has 94 valence electrons. The Balaban J connectivity index is 2.78. The van der Waals surface area contributed by atoms with Crippen molar-refractivity contribution >= 4 is 40.1 Å². The lowest BCUT2D eigenvalue weighted by Crippen LogP contribution is -1.82. The maximum atomic E-state index is 5.22. The minimum Gasteiger partial charge on any atom is -0.325 e. The largest absolute Gasteiger partial charge is 0.325 e. The molecule has 17 heavy (non-hydrogen) atoms. The zero-order valence-corrected chi connectivity index (χ0v) is 12.9. The highest BCUT2D eigenvalue weighted by atomic mass is 32.9. The van der Waals surface area contributed by atoms with Crippen molar-refractivity contribution in [3.63, 3.8) is 0 Å². The van der Waals surface area contributed by atoms with Gasteiger partial charge < -0.3 is 9.05 Å². The standard InChI is InChI=1S/C11H16NO2PS2/c1-9-5-6-10(2)11(7-9)12-8-17-15(16,13-3)14-4/h5-8H,1-4H3. The summed E-state index contributed by atoms with van der Waals surface area (Å²) < 4.78 is 10.3. The fourth-order valence-corrected chi connectivity index (χ4v) is 3.11. The highest BCUT2D eigenvalue weighted by molar-refractivity contribution is 8.72. The van der Waals surface area contributed by atoms with Gasteiger partial charge in [0.2, 0.25) is 0 Å². The average Bonchev–Trinajstić information content (AvgIpc) is 2.33. The van der Waals surface area contributed by atoms with Crippen molar-refractivity contribution in [2.45, 2.75) is 13.8 Å². The number of rotatable bonds is 5. The summed E-state index contributed by atoms with van der Waals surface area (Å²) in [5.74, 6) is 0. The summed E-state index contributed by atoms with van der Waals surface area (Å²) in [6.45, 7) is 4.07. The van der Waals surface area contributed by atoms with Gasteiger partial charge in [0.05, 0.1) is 11.2 Å². The number of benzene rings is 1. The van der Waals surface area contributed by atoms with Crippen LogP contribution in [0.4, 0.5) is 5.69 Å². The van der Waals surface area contributed by atoms with E-state index in [4.69, 9.17) is 20.9 Å². The summed E-state index contributed by atoms with van der Waals surface area (Å²) in [6.07, 6.45) is 0. The number of hydrogen-bond donors (Lipinski definition) is 0. The minimum absolute atomic E-state index is 0.950. The fourth-order valence-electron chi connectivity index (χ4n) is 1.16. The van der Waals surface area contributed by atoms with Gasteiger partial charge in [-0.3, -0.25) is 0 Å². The molecular weight excluding hydrogens is 273 g/mol. The summed E-state index contributed by atoms with van der Waals surface area (Å²) in [4.78, 5) is 4.39. The lowest BCUT2D eigenvalue weighted by Gasteiger charge is -2.13. The van der Waals surface area contributed by atoms with Crippen LogP contribution in [0.15, 0.2) is 23.2 Å². The van der Waals surface area contributed by atoms with Crippen molar-refractivity contribution in [1.29, 1.82) is 0 Å². The van der Waals surface area contributed by atoms with E-state index in [1.807, 2.05) is 19.9 Å². The summed E-state index contributed by atoms with van der Waals surface area (Å²) >= 11 is 6.54. The highest BCUT2D eigenvalue weighted by Crippen LogP contribution is 2.58. The second-order valence-electron chi connectivity index (χ2n) is 3.44. The van der Waals surface area contributed by atoms with E-state index >= 15 is 0 Å². The second kappa shape index (κ2) is 6.66. The Morgan fingerprint density at radius 3 is 2.53 bits per heavy atom. The molecule has 0 saturated carbocycles. The van der Waals surface area contributed by atoms with Gasteiger partial charge in [-0.05, 0) is 54.2 Å². The van der Waals surface area contributed by atoms with Crippen molar-refractivity contribution in [2.24, 2.45) is 4.99 Å². The molecule has 0 aliphatic heterocycles. The maximum Gasteiger partial charge on any atom is 0.252 e. The summed E-state index contributed by atoms with van der Waals surface area (Å²) in [6, 6.07) is 6.15. The van der Waals surface area contributed by atoms with E-state index in [9.17, 15) is 0 Å². The van der Waals surface area contributed by atoms with Crippen LogP contribution in [0.5, 0.6) is 0 Å². The third-order valence-corrected chi connectivity index (χ3v) is 7.15. The third-order valence-electron chi connectivity index (χ3n) is 2.18. The van der Waals surface area contributed by atoms with E-state index in [-0.39, 0.29) is 0 Å². The molecule has 0 amide bonds. The van der Waals surface area contributed by atoms with Crippen LogP contribution in [-0.4, -0.2) is 19.8 Å². The minimum atomic E-state index is -2.24. The number of nitrogens with zero attached hydrogens (tertiary/aromatic N) is 1. The Morgan fingerprint density at radius 2 is 1.94 bits per heavy atom. The molecule has 0 N–H and O–H groups in total. The quantitative estimate of drug-likeness (QED) is 0.461. The summed E-state index contributed by atoms with van der Waals surface area (Å²) in [5, 5.41) is 0. The Hall–Kier alpha value is -0.190. The van der Waals surface area contributed by atoms with Gasteiger partial charge in [-0.25, -0.2) is 4.99 Å². The second-order valence-corrected chi connectivity index (χ2v) is 9.70. The molecule has 6 heteroatoms. The van der Waals surface area contributed by atoms with E-state index in [0.29, 0.717) is 0 Å². The topological polar surface area (TPSA) is 30.8 Å². The van der Waals surface area contributed by atoms with Crippen molar-refractivity contribution in [2.75, 3.05) is 14.2 Å². The van der Waals surface area contributed by atoms with E-state index < -0.39 is 5.69 Å². The van der Waals surface area contributed by atoms with Crippen molar-refractivity contribution in [1.82, 2.24) is 0 Å². The van der Waals surface area contributed by atoms with Crippen LogP contribution < -0.4 is 0 Å². The molecule has 0 aliphatic carbocycles. The van der Waals surface area contributed by atoms with Crippen LogP contribution in [0.25, 0.3) is 0 Å². The number of hydrogen-bond acceptors (Lipinski definition) is 5. The van der Waals surface area contributed by atoms with Gasteiger partial charge in [-0.2, -0.15) is 0 Å². The monoisotopic (exact) mass is 289 g/mol. The van der Waals surface area contributed by atoms with E-state index in [2.05, 4.69) is 17.1 Å². The Labute approximate surface area is 112 Å². The van der Waals surface area contributed by atoms with E-state index in [1.165, 1.54) is 16.9 Å². The van der Waals surface area contributed by atoms with E-state index in [0.717, 1.165) is 11.3 Å². The van der Waals surface area contributed by atoms with Crippen molar-refractivity contribution < 1.29 is 9.05 Å². The van der Waals surface area contributed by atoms with Crippen LogP contribution >= 0.6 is 17.1 Å². The van der Waals surface area contributed by atoms with Crippen molar-refractivity contribution in [3.8, 4) is 0 Å². The molecule has 1 aromatic carbocycles. The molecule has 0 saturated heterocycles. The first kappa shape index (κ1) is 14.9. The molecule has 0 spiro atoms. The molecule has 3 nitrogen and oxygen atoms in total. The van der Waals surface area contributed by atoms with E-state index in [1.54, 1.807) is 19.8 Å². The van der Waals surface area contributed by atoms with Gasteiger partial charge in [-0.1, -0.05) is 12.1 Å². The Bertz CT molecular complexity index is 455. The predicted molar refractivity (Wildman–Crippen MR) is 80.0 cm³/mol. The van der Waals surface area contributed by atoms with Gasteiger partial charge >= 0.3 is 0 Å². The normalized spacial score (nSPS) is 12.2. The molecule has 1 rings (SSSR count). The molecule has 0 heterocycles. The summed E-state index contributed by atoms with van der Waals surface area (Å²) in [7, 11) is 3.12. The fraction of sp³-hybridized carbons (Fsp3) is 0.364. The van der Waals surface area contributed by atoms with Gasteiger partial charge in [0.1, 0.15) is 0 Å². The molecule has 1 aromatic rings. The molecular formula is C11H16NO2PS2. The van der Waals surface area contributed by atoms with Crippen molar-refractivity contribution in [3.05, 3.63) is 29.3 Å². The van der Waals surface area contributed by atoms with Crippen LogP contribution in [0, 0.1) is 13.8 Å². The zero-order valence-electron chi connectivity index (χ0n) is 10.3. The third kappa shape index (κ3) is 4.53. The summed E-state index contributed by atoms with van der Waals surface area (Å²) in [5.41, 5.74) is 2.73. The number of aryl methyl sites for hydroxylation is 2. The lowest BCUT2D eigenvalue weighted by molar-refractivity contribution is 0.354.